The molecular weight excluding hydrogens is 1190 g/mol. The van der Waals surface area contributed by atoms with Crippen molar-refractivity contribution in [3.63, 3.8) is 0 Å². The van der Waals surface area contributed by atoms with Crippen LogP contribution in [-0.2, 0) is 42.1 Å². The van der Waals surface area contributed by atoms with Crippen molar-refractivity contribution in [1.29, 1.82) is 0 Å². The predicted octanol–water partition coefficient (Wildman–Crippen LogP) is 13.8. The summed E-state index contributed by atoms with van der Waals surface area (Å²) < 4.78 is 44.3. The van der Waals surface area contributed by atoms with Gasteiger partial charge in [0.1, 0.15) is 28.7 Å². The second-order valence-electron chi connectivity index (χ2n) is 24.7. The van der Waals surface area contributed by atoms with Crippen molar-refractivity contribution in [2.75, 3.05) is 0 Å². The number of phenolic OH excluding ortho intramolecular Hbond substituents is 3. The summed E-state index contributed by atoms with van der Waals surface area (Å²) >= 11 is -2.11. The quantitative estimate of drug-likeness (QED) is 0.0813. The predicted molar refractivity (Wildman–Crippen MR) is 348 cm³/mol. The maximum atomic E-state index is 12.4. The molecule has 2 heterocycles. The van der Waals surface area contributed by atoms with E-state index in [9.17, 15) is 27.9 Å². The number of benzene rings is 8. The summed E-state index contributed by atoms with van der Waals surface area (Å²) in [5.41, 5.74) is 9.14. The van der Waals surface area contributed by atoms with Gasteiger partial charge in [-0.15, -0.1) is 0 Å². The Morgan fingerprint density at radius 1 is 0.386 bits per heavy atom. The third-order valence-electron chi connectivity index (χ3n) is 13.8. The number of aromatic hydroxyl groups is 3. The Bertz CT molecular complexity index is 4000. The van der Waals surface area contributed by atoms with E-state index < -0.39 is 20.4 Å². The van der Waals surface area contributed by atoms with Gasteiger partial charge in [0.05, 0.1) is 16.0 Å². The van der Waals surface area contributed by atoms with Crippen molar-refractivity contribution in [3.8, 4) is 97.1 Å². The molecule has 0 radical (unpaired) electrons. The number of hydrogen-bond acceptors (Lipinski definition) is 14. The number of nitrogens with zero attached hydrogens (tertiary/aromatic N) is 6. The molecular formula is C70H72ClKN6O8S2. The first-order valence-corrected chi connectivity index (χ1v) is 31.3. The van der Waals surface area contributed by atoms with Gasteiger partial charge in [0.2, 0.25) is 0 Å². The van der Waals surface area contributed by atoms with Gasteiger partial charge < -0.3 is 25.1 Å². The minimum Gasteiger partial charge on any atom is -1.00 e. The normalized spacial score (nSPS) is 12.1. The van der Waals surface area contributed by atoms with Crippen molar-refractivity contribution in [1.82, 2.24) is 29.9 Å². The van der Waals surface area contributed by atoms with E-state index in [2.05, 4.69) is 142 Å². The van der Waals surface area contributed by atoms with Crippen LogP contribution in [0.4, 0.5) is 0 Å². The number of rotatable bonds is 11. The molecule has 0 amide bonds. The Balaban J connectivity index is 0.000000245. The summed E-state index contributed by atoms with van der Waals surface area (Å²) in [4.78, 5) is 28.6. The van der Waals surface area contributed by atoms with Crippen LogP contribution >= 0.6 is 10.7 Å². The molecule has 0 saturated heterocycles. The summed E-state index contributed by atoms with van der Waals surface area (Å²) in [7, 11) is 1.50. The van der Waals surface area contributed by atoms with Gasteiger partial charge in [-0.25, -0.2) is 38.3 Å². The van der Waals surface area contributed by atoms with E-state index >= 15 is 0 Å². The Labute approximate surface area is 567 Å². The largest absolute Gasteiger partial charge is 1.00 e. The molecule has 8 aromatic carbocycles. The number of para-hydroxylation sites is 1. The Morgan fingerprint density at radius 2 is 0.682 bits per heavy atom. The van der Waals surface area contributed by atoms with E-state index in [1.54, 1.807) is 60.7 Å². The second kappa shape index (κ2) is 28.5. The van der Waals surface area contributed by atoms with Crippen molar-refractivity contribution >= 4 is 31.1 Å². The van der Waals surface area contributed by atoms with E-state index in [1.165, 1.54) is 52.6 Å². The molecule has 1 unspecified atom stereocenters. The molecule has 14 nitrogen and oxygen atoms in total. The number of aromatic nitrogens is 6. The zero-order valence-electron chi connectivity index (χ0n) is 52.7. The first kappa shape index (κ1) is 68.3. The molecule has 0 aliphatic heterocycles. The average molecular weight is 1260 g/mol. The molecule has 450 valence electrons. The third-order valence-corrected chi connectivity index (χ3v) is 15.9. The SMILES string of the molecule is CC(C)(C)c1ccc(-c2nc(-c3ccc(C(C)(C)C)cc3)nc(-c3ccc(O)cc3O)n2)cc1.CC(C)(C)c1ccc(-c2nc(-c3ccc(C(C)(C)C)cc3)nc(-c3ccc(OS(=O)Oc4ccccc4)cc3O)n2)cc1.O=S(=O)(Cl)c1ccccc1.[H-].[K+]. The Kier molecular flexibility index (Phi) is 22.1. The number of phenols is 3. The Hall–Kier alpha value is -7.19. The number of hydrogen-bond donors (Lipinski definition) is 3. The molecule has 0 spiro atoms. The van der Waals surface area contributed by atoms with Gasteiger partial charge in [0, 0.05) is 45.1 Å². The van der Waals surface area contributed by atoms with Crippen LogP contribution in [-0.4, -0.2) is 57.9 Å². The number of halogens is 1. The fraction of sp³-hybridized carbons (Fsp3) is 0.229. The molecule has 10 aromatic rings. The van der Waals surface area contributed by atoms with Crippen LogP contribution in [0.2, 0.25) is 0 Å². The molecule has 0 aliphatic rings. The van der Waals surface area contributed by atoms with E-state index in [0.29, 0.717) is 51.8 Å². The molecule has 0 saturated carbocycles. The minimum atomic E-state index is -3.53. The van der Waals surface area contributed by atoms with Gasteiger partial charge in [-0.2, -0.15) is 4.21 Å². The standard InChI is InChI=1S/C35H35N3O4S.C29H31N3O2.C6H5ClO2S.K.H/c1-34(2,3)25-16-12-23(13-17-25)31-36-32(24-14-18-26(19-15-24)35(4,5)6)38-33(37-31)29-21-20-28(22-30(29)39)42-43(40)41-27-10-8-7-9-11-27;1-28(2,3)20-11-7-18(8-12-20)25-30-26(19-9-13-21(14-10-19)29(4,5)6)32-27(31-25)23-16-15-22(33)17-24(23)34;7-10(8,9)6-4-2-1-3-5-6;;/h7-22,39H,1-6H3;7-17,33-34H,1-6H3;1-5H;;/q;;;+1;-1. The molecule has 0 fully saturated rings. The van der Waals surface area contributed by atoms with Crippen molar-refractivity contribution in [2.45, 2.75) is 110 Å². The van der Waals surface area contributed by atoms with Gasteiger partial charge in [-0.1, -0.05) is 217 Å². The van der Waals surface area contributed by atoms with Crippen LogP contribution in [0, 0.1) is 0 Å². The monoisotopic (exact) mass is 1260 g/mol. The van der Waals surface area contributed by atoms with Crippen LogP contribution in [0.25, 0.3) is 68.3 Å². The van der Waals surface area contributed by atoms with Gasteiger partial charge in [-0.3, -0.25) is 0 Å². The summed E-state index contributed by atoms with van der Waals surface area (Å²) in [6.45, 7) is 26.1. The maximum Gasteiger partial charge on any atom is 1.00 e. The molecule has 2 aromatic heterocycles. The fourth-order valence-electron chi connectivity index (χ4n) is 8.68. The van der Waals surface area contributed by atoms with Crippen molar-refractivity contribution < 1.29 is 89.1 Å². The summed E-state index contributed by atoms with van der Waals surface area (Å²) in [5, 5.41) is 31.2. The molecule has 0 aliphatic carbocycles. The van der Waals surface area contributed by atoms with Gasteiger partial charge >= 0.3 is 62.7 Å². The van der Waals surface area contributed by atoms with Gasteiger partial charge in [-0.05, 0) is 92.4 Å². The zero-order valence-corrected chi connectivity index (χ0v) is 57.2. The van der Waals surface area contributed by atoms with Crippen LogP contribution in [0.5, 0.6) is 28.7 Å². The second-order valence-corrected chi connectivity index (χ2v) is 28.0. The summed E-state index contributed by atoms with van der Waals surface area (Å²) in [5.74, 6) is 2.97. The van der Waals surface area contributed by atoms with Crippen molar-refractivity contribution in [2.24, 2.45) is 0 Å². The van der Waals surface area contributed by atoms with Gasteiger partial charge in [0.25, 0.3) is 9.05 Å². The molecule has 10 rings (SSSR count). The van der Waals surface area contributed by atoms with Gasteiger partial charge in [0.15, 0.2) is 34.9 Å². The molecule has 3 N–H and O–H groups in total. The van der Waals surface area contributed by atoms with E-state index in [0.717, 1.165) is 22.3 Å². The van der Waals surface area contributed by atoms with E-state index in [-0.39, 0.29) is 102 Å². The Morgan fingerprint density at radius 3 is 0.977 bits per heavy atom. The zero-order chi connectivity index (χ0) is 63.1. The maximum absolute atomic E-state index is 12.4. The minimum absolute atomic E-state index is 0. The summed E-state index contributed by atoms with van der Waals surface area (Å²) in [6.07, 6.45) is 0. The summed E-state index contributed by atoms with van der Waals surface area (Å²) in [6, 6.07) is 58.3. The topological polar surface area (TPSA) is 208 Å². The first-order chi connectivity index (χ1) is 40.9. The smallest absolute Gasteiger partial charge is 1.00 e. The van der Waals surface area contributed by atoms with Crippen LogP contribution < -0.4 is 59.8 Å². The van der Waals surface area contributed by atoms with Crippen LogP contribution in [0.3, 0.4) is 0 Å². The molecule has 1 atom stereocenters. The van der Waals surface area contributed by atoms with Crippen molar-refractivity contribution in [3.05, 3.63) is 216 Å². The van der Waals surface area contributed by atoms with E-state index in [1.807, 2.05) is 54.6 Å². The third kappa shape index (κ3) is 18.4. The van der Waals surface area contributed by atoms with E-state index in [4.69, 9.17) is 39.0 Å². The van der Waals surface area contributed by atoms with Crippen LogP contribution in [0.1, 0.15) is 107 Å². The van der Waals surface area contributed by atoms with Crippen LogP contribution in [0.15, 0.2) is 199 Å². The fourth-order valence-corrected chi connectivity index (χ4v) is 10.0. The average Bonchev–Trinajstić information content (AvgIpc) is 2.05. The molecule has 18 heteroatoms. The first-order valence-electron chi connectivity index (χ1n) is 28.0. The molecule has 88 heavy (non-hydrogen) atoms. The molecule has 0 bridgehead atoms.